The van der Waals surface area contributed by atoms with Crippen molar-refractivity contribution >= 4 is 6.03 Å². The third kappa shape index (κ3) is 7.37. The zero-order valence-electron chi connectivity index (χ0n) is 14.1. The van der Waals surface area contributed by atoms with Crippen LogP contribution in [-0.2, 0) is 0 Å². The first-order valence-electron chi connectivity index (χ1n) is 8.67. The molecule has 0 atom stereocenters. The molecule has 128 valence electrons. The predicted molar refractivity (Wildman–Crippen MR) is 93.0 cm³/mol. The van der Waals surface area contributed by atoms with Gasteiger partial charge in [0.2, 0.25) is 0 Å². The van der Waals surface area contributed by atoms with Crippen LogP contribution in [0, 0.1) is 6.92 Å². The van der Waals surface area contributed by atoms with Crippen molar-refractivity contribution in [3.8, 4) is 5.75 Å². The van der Waals surface area contributed by atoms with Gasteiger partial charge in [-0.1, -0.05) is 24.1 Å². The van der Waals surface area contributed by atoms with E-state index in [-0.39, 0.29) is 6.03 Å². The number of benzene rings is 1. The van der Waals surface area contributed by atoms with Crippen molar-refractivity contribution in [1.29, 1.82) is 0 Å². The maximum absolute atomic E-state index is 11.7. The minimum Gasteiger partial charge on any atom is -0.494 e. The second kappa shape index (κ2) is 10.1. The quantitative estimate of drug-likeness (QED) is 0.724. The number of amides is 2. The largest absolute Gasteiger partial charge is 0.494 e. The number of nitrogens with zero attached hydrogens (tertiary/aromatic N) is 1. The Morgan fingerprint density at radius 2 is 1.78 bits per heavy atom. The van der Waals surface area contributed by atoms with Gasteiger partial charge < -0.3 is 20.3 Å². The van der Waals surface area contributed by atoms with Crippen LogP contribution in [0.4, 0.5) is 4.79 Å². The van der Waals surface area contributed by atoms with Gasteiger partial charge in [-0.15, -0.1) is 0 Å². The van der Waals surface area contributed by atoms with E-state index < -0.39 is 0 Å². The van der Waals surface area contributed by atoms with E-state index in [0.29, 0.717) is 19.7 Å². The number of hydrogen-bond donors (Lipinski definition) is 2. The van der Waals surface area contributed by atoms with Gasteiger partial charge in [0.1, 0.15) is 5.75 Å². The first-order valence-corrected chi connectivity index (χ1v) is 8.67. The molecule has 2 N–H and O–H groups in total. The van der Waals surface area contributed by atoms with Crippen molar-refractivity contribution in [2.24, 2.45) is 0 Å². The molecule has 1 heterocycles. The first-order chi connectivity index (χ1) is 11.2. The zero-order chi connectivity index (χ0) is 16.3. The average Bonchev–Trinajstić information content (AvgIpc) is 2.57. The van der Waals surface area contributed by atoms with Crippen LogP contribution in [0.1, 0.15) is 31.2 Å². The summed E-state index contributed by atoms with van der Waals surface area (Å²) in [6.07, 6.45) is 4.71. The van der Waals surface area contributed by atoms with Gasteiger partial charge in [-0.25, -0.2) is 4.79 Å². The first kappa shape index (κ1) is 17.6. The lowest BCUT2D eigenvalue weighted by molar-refractivity contribution is 0.220. The van der Waals surface area contributed by atoms with E-state index in [2.05, 4.69) is 22.5 Å². The summed E-state index contributed by atoms with van der Waals surface area (Å²) >= 11 is 0. The number of likely N-dealkylation sites (tertiary alicyclic amines) is 1. The molecule has 0 unspecified atom stereocenters. The Kier molecular flexibility index (Phi) is 7.73. The number of nitrogens with one attached hydrogen (secondary N) is 2. The van der Waals surface area contributed by atoms with Gasteiger partial charge in [-0.2, -0.15) is 0 Å². The van der Waals surface area contributed by atoms with E-state index in [1.54, 1.807) is 0 Å². The number of ether oxygens (including phenoxy) is 1. The highest BCUT2D eigenvalue weighted by Gasteiger charge is 2.09. The van der Waals surface area contributed by atoms with Crippen LogP contribution in [0.25, 0.3) is 0 Å². The Hall–Kier alpha value is -1.75. The highest BCUT2D eigenvalue weighted by atomic mass is 16.5. The highest BCUT2D eigenvalue weighted by molar-refractivity contribution is 5.73. The number of aryl methyl sites for hydroxylation is 1. The molecule has 0 bridgehead atoms. The molecule has 0 aliphatic carbocycles. The molecule has 0 saturated carbocycles. The van der Waals surface area contributed by atoms with Crippen LogP contribution in [0.2, 0.25) is 0 Å². The Morgan fingerprint density at radius 1 is 1.09 bits per heavy atom. The second-order valence-electron chi connectivity index (χ2n) is 6.10. The number of urea groups is 1. The van der Waals surface area contributed by atoms with Crippen molar-refractivity contribution < 1.29 is 9.53 Å². The highest BCUT2D eigenvalue weighted by Crippen LogP contribution is 2.11. The Labute approximate surface area is 139 Å². The summed E-state index contributed by atoms with van der Waals surface area (Å²) in [5.41, 5.74) is 1.22. The Bertz CT molecular complexity index is 456. The molecule has 1 saturated heterocycles. The Balaban J connectivity index is 1.45. The smallest absolute Gasteiger partial charge is 0.314 e. The molecule has 2 rings (SSSR count). The molecule has 1 aliphatic heterocycles. The zero-order valence-corrected chi connectivity index (χ0v) is 14.1. The second-order valence-corrected chi connectivity index (χ2v) is 6.10. The van der Waals surface area contributed by atoms with Crippen LogP contribution in [0.3, 0.4) is 0 Å². The topological polar surface area (TPSA) is 53.6 Å². The molecule has 2 amide bonds. The fraction of sp³-hybridized carbons (Fsp3) is 0.611. The van der Waals surface area contributed by atoms with E-state index in [1.165, 1.54) is 37.9 Å². The predicted octanol–water partition coefficient (Wildman–Crippen LogP) is 2.55. The van der Waals surface area contributed by atoms with E-state index in [9.17, 15) is 4.79 Å². The average molecular weight is 319 g/mol. The standard InChI is InChI=1S/C18H29N3O2/c1-16-6-8-17(9-7-16)23-15-5-10-19-18(22)20-11-14-21-12-3-2-4-13-21/h6-9H,2-5,10-15H2,1H3,(H2,19,20,22). The maximum Gasteiger partial charge on any atom is 0.314 e. The van der Waals surface area contributed by atoms with Crippen molar-refractivity contribution in [3.63, 3.8) is 0 Å². The van der Waals surface area contributed by atoms with Gasteiger partial charge in [0.15, 0.2) is 0 Å². The number of carbonyl (C=O) groups is 1. The van der Waals surface area contributed by atoms with Gasteiger partial charge in [-0.05, 0) is 51.4 Å². The number of hydrogen-bond acceptors (Lipinski definition) is 3. The number of carbonyl (C=O) groups excluding carboxylic acids is 1. The molecule has 23 heavy (non-hydrogen) atoms. The minimum absolute atomic E-state index is 0.0858. The lowest BCUT2D eigenvalue weighted by Gasteiger charge is -2.26. The summed E-state index contributed by atoms with van der Waals surface area (Å²) < 4.78 is 5.62. The summed E-state index contributed by atoms with van der Waals surface area (Å²) in [5, 5.41) is 5.78. The van der Waals surface area contributed by atoms with Crippen LogP contribution in [-0.4, -0.2) is 50.3 Å². The third-order valence-electron chi connectivity index (χ3n) is 4.06. The Morgan fingerprint density at radius 3 is 2.52 bits per heavy atom. The van der Waals surface area contributed by atoms with E-state index >= 15 is 0 Å². The molecule has 1 aromatic carbocycles. The van der Waals surface area contributed by atoms with Crippen LogP contribution in [0.5, 0.6) is 5.75 Å². The maximum atomic E-state index is 11.7. The van der Waals surface area contributed by atoms with E-state index in [1.807, 2.05) is 24.3 Å². The summed E-state index contributed by atoms with van der Waals surface area (Å²) in [6.45, 7) is 7.28. The van der Waals surface area contributed by atoms with E-state index in [0.717, 1.165) is 18.7 Å². The molecule has 5 heteroatoms. The van der Waals surface area contributed by atoms with Crippen LogP contribution < -0.4 is 15.4 Å². The lowest BCUT2D eigenvalue weighted by Crippen LogP contribution is -2.42. The van der Waals surface area contributed by atoms with Gasteiger partial charge in [-0.3, -0.25) is 0 Å². The molecule has 5 nitrogen and oxygen atoms in total. The van der Waals surface area contributed by atoms with E-state index in [4.69, 9.17) is 4.74 Å². The minimum atomic E-state index is -0.0858. The summed E-state index contributed by atoms with van der Waals surface area (Å²) in [7, 11) is 0. The van der Waals surface area contributed by atoms with Crippen molar-refractivity contribution in [3.05, 3.63) is 29.8 Å². The number of piperidine rings is 1. The molecule has 1 fully saturated rings. The van der Waals surface area contributed by atoms with Gasteiger partial charge in [0.05, 0.1) is 6.61 Å². The van der Waals surface area contributed by atoms with Gasteiger partial charge >= 0.3 is 6.03 Å². The third-order valence-corrected chi connectivity index (χ3v) is 4.06. The van der Waals surface area contributed by atoms with Gasteiger partial charge in [0, 0.05) is 19.6 Å². The molecule has 0 aromatic heterocycles. The molecular weight excluding hydrogens is 290 g/mol. The lowest BCUT2D eigenvalue weighted by atomic mass is 10.1. The fourth-order valence-corrected chi connectivity index (χ4v) is 2.67. The summed E-state index contributed by atoms with van der Waals surface area (Å²) in [4.78, 5) is 14.1. The van der Waals surface area contributed by atoms with Crippen LogP contribution in [0.15, 0.2) is 24.3 Å². The van der Waals surface area contributed by atoms with Crippen molar-refractivity contribution in [1.82, 2.24) is 15.5 Å². The summed E-state index contributed by atoms with van der Waals surface area (Å²) in [6, 6.07) is 7.91. The normalized spacial score (nSPS) is 15.2. The molecule has 0 spiro atoms. The molecular formula is C18H29N3O2. The fourth-order valence-electron chi connectivity index (χ4n) is 2.67. The van der Waals surface area contributed by atoms with Crippen molar-refractivity contribution in [2.45, 2.75) is 32.6 Å². The molecule has 0 radical (unpaired) electrons. The van der Waals surface area contributed by atoms with Crippen molar-refractivity contribution in [2.75, 3.05) is 39.3 Å². The SMILES string of the molecule is Cc1ccc(OCCCNC(=O)NCCN2CCCCC2)cc1. The van der Waals surface area contributed by atoms with Gasteiger partial charge in [0.25, 0.3) is 0 Å². The molecule has 1 aromatic rings. The monoisotopic (exact) mass is 319 g/mol. The summed E-state index contributed by atoms with van der Waals surface area (Å²) in [5.74, 6) is 0.876. The molecule has 1 aliphatic rings. The number of rotatable bonds is 8. The van der Waals surface area contributed by atoms with Crippen LogP contribution >= 0.6 is 0 Å².